The van der Waals surface area contributed by atoms with E-state index in [9.17, 15) is 0 Å². The first-order valence-electron chi connectivity index (χ1n) is 16.9. The number of rotatable bonds is 14. The van der Waals surface area contributed by atoms with Gasteiger partial charge in [-0.3, -0.25) is 0 Å². The Bertz CT molecular complexity index is 1870. The van der Waals surface area contributed by atoms with Crippen LogP contribution in [0.4, 0.5) is 45.5 Å². The molecule has 0 aliphatic rings. The molecule has 0 aliphatic carbocycles. The van der Waals surface area contributed by atoms with Gasteiger partial charge in [0.25, 0.3) is 0 Å². The summed E-state index contributed by atoms with van der Waals surface area (Å²) in [6.45, 7) is 9.13. The van der Waals surface area contributed by atoms with Gasteiger partial charge >= 0.3 is 0 Å². The molecule has 0 atom stereocenters. The van der Waals surface area contributed by atoms with Crippen LogP contribution in [0.5, 0.6) is 11.5 Å². The predicted octanol–water partition coefficient (Wildman–Crippen LogP) is 11.9. The molecule has 4 N–H and O–H groups in total. The standard InChI is InChI=1S/C44H44N4O2/c1-31-7-15-35(16-8-31)45-39-23-25-43(41(29-39)47-37-19-11-33(3)12-20-37)49-27-5-6-28-50-44-26-24-40(46-36-17-9-32(2)10-18-36)30-42(44)48-38-21-13-34(4)14-22-38/h5-26,29-30,45-48H,27-28H2,1-4H3. The first kappa shape index (κ1) is 33.7. The molecular formula is C44H44N4O2. The van der Waals surface area contributed by atoms with E-state index in [1.54, 1.807) is 0 Å². The summed E-state index contributed by atoms with van der Waals surface area (Å²) < 4.78 is 12.5. The quantitative estimate of drug-likeness (QED) is 0.0872. The summed E-state index contributed by atoms with van der Waals surface area (Å²) in [5.41, 5.74) is 12.6. The second-order valence-electron chi connectivity index (χ2n) is 12.5. The first-order chi connectivity index (χ1) is 24.4. The molecule has 0 saturated carbocycles. The highest BCUT2D eigenvalue weighted by Gasteiger charge is 2.09. The normalized spacial score (nSPS) is 10.9. The van der Waals surface area contributed by atoms with Crippen LogP contribution in [0.15, 0.2) is 146 Å². The lowest BCUT2D eigenvalue weighted by atomic mass is 10.2. The van der Waals surface area contributed by atoms with Gasteiger partial charge in [-0.15, -0.1) is 0 Å². The van der Waals surface area contributed by atoms with Crippen LogP contribution >= 0.6 is 0 Å². The van der Waals surface area contributed by atoms with Gasteiger partial charge in [0.2, 0.25) is 0 Å². The Hall–Kier alpha value is -6.14. The topological polar surface area (TPSA) is 66.6 Å². The SMILES string of the molecule is Cc1ccc(Nc2ccc(OCC=CCOc3ccc(Nc4ccc(C)cc4)cc3Nc3ccc(C)cc3)c(Nc3ccc(C)cc3)c2)cc1. The number of nitrogens with one attached hydrogen (secondary N) is 4. The lowest BCUT2D eigenvalue weighted by molar-refractivity contribution is 0.352. The highest BCUT2D eigenvalue weighted by Crippen LogP contribution is 2.34. The highest BCUT2D eigenvalue weighted by molar-refractivity contribution is 5.75. The Kier molecular flexibility index (Phi) is 11.0. The van der Waals surface area contributed by atoms with Gasteiger partial charge in [0, 0.05) is 34.1 Å². The molecular weight excluding hydrogens is 617 g/mol. The van der Waals surface area contributed by atoms with E-state index in [1.807, 2.05) is 36.4 Å². The molecule has 0 saturated heterocycles. The number of anilines is 8. The fourth-order valence-corrected chi connectivity index (χ4v) is 5.27. The summed E-state index contributed by atoms with van der Waals surface area (Å²) in [4.78, 5) is 0. The molecule has 6 nitrogen and oxygen atoms in total. The summed E-state index contributed by atoms with van der Waals surface area (Å²) in [7, 11) is 0. The van der Waals surface area contributed by atoms with Crippen molar-refractivity contribution in [3.8, 4) is 11.5 Å². The van der Waals surface area contributed by atoms with Crippen LogP contribution in [0.3, 0.4) is 0 Å². The summed E-state index contributed by atoms with van der Waals surface area (Å²) in [6.07, 6.45) is 3.96. The van der Waals surface area contributed by atoms with E-state index in [-0.39, 0.29) is 0 Å². The third-order valence-electron chi connectivity index (χ3n) is 8.14. The number of hydrogen-bond acceptors (Lipinski definition) is 6. The van der Waals surface area contributed by atoms with Gasteiger partial charge in [-0.25, -0.2) is 0 Å². The van der Waals surface area contributed by atoms with Crippen molar-refractivity contribution in [1.29, 1.82) is 0 Å². The maximum absolute atomic E-state index is 6.25. The van der Waals surface area contributed by atoms with Gasteiger partial charge in [0.05, 0.1) is 11.4 Å². The minimum Gasteiger partial charge on any atom is -0.487 e. The van der Waals surface area contributed by atoms with Gasteiger partial charge in [-0.1, -0.05) is 70.8 Å². The maximum atomic E-state index is 6.25. The summed E-state index contributed by atoms with van der Waals surface area (Å²) in [5.74, 6) is 1.51. The van der Waals surface area contributed by atoms with Crippen molar-refractivity contribution in [1.82, 2.24) is 0 Å². The van der Waals surface area contributed by atoms with E-state index in [0.717, 1.165) is 57.0 Å². The van der Waals surface area contributed by atoms with Crippen molar-refractivity contribution < 1.29 is 9.47 Å². The minimum absolute atomic E-state index is 0.393. The third kappa shape index (κ3) is 9.70. The molecule has 0 aromatic heterocycles. The zero-order chi connectivity index (χ0) is 34.7. The maximum Gasteiger partial charge on any atom is 0.143 e. The van der Waals surface area contributed by atoms with Crippen molar-refractivity contribution in [2.24, 2.45) is 0 Å². The van der Waals surface area contributed by atoms with Gasteiger partial charge < -0.3 is 30.7 Å². The van der Waals surface area contributed by atoms with Crippen molar-refractivity contribution >= 4 is 45.5 Å². The second-order valence-corrected chi connectivity index (χ2v) is 12.5. The molecule has 0 unspecified atom stereocenters. The highest BCUT2D eigenvalue weighted by atomic mass is 16.5. The third-order valence-corrected chi connectivity index (χ3v) is 8.14. The molecule has 6 rings (SSSR count). The molecule has 6 aromatic rings. The largest absolute Gasteiger partial charge is 0.487 e. The molecule has 0 fully saturated rings. The molecule has 6 heteroatoms. The van der Waals surface area contributed by atoms with E-state index in [2.05, 4.69) is 158 Å². The molecule has 0 radical (unpaired) electrons. The number of hydrogen-bond donors (Lipinski definition) is 4. The van der Waals surface area contributed by atoms with Crippen LogP contribution in [0.2, 0.25) is 0 Å². The smallest absolute Gasteiger partial charge is 0.143 e. The lowest BCUT2D eigenvalue weighted by Gasteiger charge is -2.16. The number of aryl methyl sites for hydroxylation is 4. The average molecular weight is 661 g/mol. The van der Waals surface area contributed by atoms with Gasteiger partial charge in [0.15, 0.2) is 0 Å². The molecule has 252 valence electrons. The molecule has 0 aliphatic heterocycles. The molecule has 0 heterocycles. The van der Waals surface area contributed by atoms with Crippen LogP contribution in [-0.4, -0.2) is 13.2 Å². The Balaban J connectivity index is 1.11. The number of ether oxygens (including phenoxy) is 2. The average Bonchev–Trinajstić information content (AvgIpc) is 3.12. The monoisotopic (exact) mass is 660 g/mol. The second kappa shape index (κ2) is 16.3. The lowest BCUT2D eigenvalue weighted by Crippen LogP contribution is -2.02. The van der Waals surface area contributed by atoms with Gasteiger partial charge in [-0.05, 0) is 125 Å². The zero-order valence-corrected chi connectivity index (χ0v) is 29.1. The summed E-state index contributed by atoms with van der Waals surface area (Å²) >= 11 is 0. The Labute approximate surface area is 295 Å². The Morgan fingerprint density at radius 3 is 0.960 bits per heavy atom. The van der Waals surface area contributed by atoms with E-state index in [0.29, 0.717) is 13.2 Å². The fraction of sp³-hybridized carbons (Fsp3) is 0.136. The van der Waals surface area contributed by atoms with E-state index < -0.39 is 0 Å². The van der Waals surface area contributed by atoms with E-state index >= 15 is 0 Å². The first-order valence-corrected chi connectivity index (χ1v) is 16.9. The fourth-order valence-electron chi connectivity index (χ4n) is 5.27. The van der Waals surface area contributed by atoms with Crippen LogP contribution < -0.4 is 30.7 Å². The van der Waals surface area contributed by atoms with Crippen molar-refractivity contribution in [2.45, 2.75) is 27.7 Å². The van der Waals surface area contributed by atoms with Gasteiger partial charge in [0.1, 0.15) is 24.7 Å². The van der Waals surface area contributed by atoms with Crippen LogP contribution in [0.25, 0.3) is 0 Å². The van der Waals surface area contributed by atoms with Crippen LogP contribution in [0, 0.1) is 27.7 Å². The number of benzene rings is 6. The molecule has 6 aromatic carbocycles. The molecule has 0 spiro atoms. The van der Waals surface area contributed by atoms with Crippen molar-refractivity contribution in [3.63, 3.8) is 0 Å². The summed E-state index contributed by atoms with van der Waals surface area (Å²) in [6, 6.07) is 45.6. The van der Waals surface area contributed by atoms with E-state index in [4.69, 9.17) is 9.47 Å². The van der Waals surface area contributed by atoms with Crippen LogP contribution in [-0.2, 0) is 0 Å². The van der Waals surface area contributed by atoms with Crippen molar-refractivity contribution in [3.05, 3.63) is 168 Å². The molecule has 50 heavy (non-hydrogen) atoms. The summed E-state index contributed by atoms with van der Waals surface area (Å²) in [5, 5.41) is 14.1. The zero-order valence-electron chi connectivity index (χ0n) is 29.1. The van der Waals surface area contributed by atoms with E-state index in [1.165, 1.54) is 22.3 Å². The minimum atomic E-state index is 0.393. The van der Waals surface area contributed by atoms with Crippen LogP contribution in [0.1, 0.15) is 22.3 Å². The van der Waals surface area contributed by atoms with Gasteiger partial charge in [-0.2, -0.15) is 0 Å². The molecule has 0 bridgehead atoms. The molecule has 0 amide bonds. The predicted molar refractivity (Wildman–Crippen MR) is 211 cm³/mol. The Morgan fingerprint density at radius 2 is 0.640 bits per heavy atom. The Morgan fingerprint density at radius 1 is 0.360 bits per heavy atom. The van der Waals surface area contributed by atoms with Crippen molar-refractivity contribution in [2.75, 3.05) is 34.5 Å².